The molecule has 1 atom stereocenters. The van der Waals surface area contributed by atoms with Gasteiger partial charge in [0.05, 0.1) is 12.6 Å². The maximum absolute atomic E-state index is 14.2. The number of carbonyl (C=O) groups excluding carboxylic acids is 2. The maximum Gasteiger partial charge on any atom is 0.251 e. The van der Waals surface area contributed by atoms with Gasteiger partial charge in [-0.15, -0.1) is 5.10 Å². The molecular formula is C33H34N6O3. The van der Waals surface area contributed by atoms with E-state index in [1.807, 2.05) is 123 Å². The van der Waals surface area contributed by atoms with E-state index in [2.05, 4.69) is 15.6 Å². The summed E-state index contributed by atoms with van der Waals surface area (Å²) >= 11 is 0. The lowest BCUT2D eigenvalue weighted by atomic mass is 10.0. The van der Waals surface area contributed by atoms with Gasteiger partial charge in [0, 0.05) is 32.0 Å². The number of aromatic nitrogens is 3. The van der Waals surface area contributed by atoms with Gasteiger partial charge in [-0.3, -0.25) is 9.59 Å². The molecule has 5 rings (SSSR count). The summed E-state index contributed by atoms with van der Waals surface area (Å²) in [5.74, 6) is 0.117. The van der Waals surface area contributed by atoms with E-state index in [-0.39, 0.29) is 24.9 Å². The van der Waals surface area contributed by atoms with E-state index in [0.717, 1.165) is 22.3 Å². The summed E-state index contributed by atoms with van der Waals surface area (Å²) in [6.45, 7) is 2.10. The van der Waals surface area contributed by atoms with Gasteiger partial charge in [0.25, 0.3) is 5.91 Å². The fourth-order valence-electron chi connectivity index (χ4n) is 4.78. The molecule has 0 fully saturated rings. The number of carbonyl (C=O) groups is 2. The molecule has 9 heteroatoms. The normalized spacial score (nSPS) is 11.6. The van der Waals surface area contributed by atoms with Gasteiger partial charge in [-0.2, -0.15) is 0 Å². The van der Waals surface area contributed by atoms with Crippen molar-refractivity contribution in [2.75, 3.05) is 31.4 Å². The summed E-state index contributed by atoms with van der Waals surface area (Å²) in [4.78, 5) is 31.9. The monoisotopic (exact) mass is 562 g/mol. The van der Waals surface area contributed by atoms with Crippen LogP contribution in [0.15, 0.2) is 97.1 Å². The summed E-state index contributed by atoms with van der Waals surface area (Å²) < 4.78 is 6.89. The quantitative estimate of drug-likeness (QED) is 0.251. The van der Waals surface area contributed by atoms with Crippen molar-refractivity contribution in [2.45, 2.75) is 26.1 Å². The van der Waals surface area contributed by atoms with Crippen molar-refractivity contribution >= 4 is 34.2 Å². The molecule has 5 aromatic rings. The molecule has 9 nitrogen and oxygen atoms in total. The Morgan fingerprint density at radius 2 is 1.60 bits per heavy atom. The molecule has 0 aliphatic rings. The largest absolute Gasteiger partial charge is 0.497 e. The second-order valence-electron chi connectivity index (χ2n) is 10.3. The highest BCUT2D eigenvalue weighted by Crippen LogP contribution is 2.28. The van der Waals surface area contributed by atoms with Crippen molar-refractivity contribution in [2.24, 2.45) is 0 Å². The van der Waals surface area contributed by atoms with Crippen LogP contribution in [0.1, 0.15) is 22.7 Å². The van der Waals surface area contributed by atoms with Crippen LogP contribution in [0.2, 0.25) is 0 Å². The van der Waals surface area contributed by atoms with Crippen molar-refractivity contribution in [1.82, 2.24) is 19.9 Å². The number of rotatable bonds is 10. The number of ether oxygens (including phenoxy) is 1. The van der Waals surface area contributed by atoms with Gasteiger partial charge in [-0.25, -0.2) is 4.68 Å². The zero-order valence-corrected chi connectivity index (χ0v) is 24.2. The zero-order chi connectivity index (χ0) is 29.6. The van der Waals surface area contributed by atoms with E-state index >= 15 is 0 Å². The molecule has 1 N–H and O–H groups in total. The number of para-hydroxylation sites is 1. The minimum absolute atomic E-state index is 0.0795. The summed E-state index contributed by atoms with van der Waals surface area (Å²) in [7, 11) is 5.53. The van der Waals surface area contributed by atoms with Crippen LogP contribution in [0.5, 0.6) is 5.75 Å². The Hall–Kier alpha value is -5.18. The molecule has 1 unspecified atom stereocenters. The smallest absolute Gasteiger partial charge is 0.251 e. The first-order valence-electron chi connectivity index (χ1n) is 13.7. The van der Waals surface area contributed by atoms with E-state index in [0.29, 0.717) is 22.5 Å². The van der Waals surface area contributed by atoms with E-state index < -0.39 is 6.04 Å². The van der Waals surface area contributed by atoms with Crippen LogP contribution in [0, 0.1) is 6.92 Å². The summed E-state index contributed by atoms with van der Waals surface area (Å²) in [5.41, 5.74) is 5.70. The molecule has 0 aliphatic heterocycles. The SMILES string of the molecule is COc1ccc(CN(C(=O)Cn2nnc3ccccc32)C(C(=O)Nc2ccc(N(C)C)cc2)c2ccc(C)cc2)cc1. The van der Waals surface area contributed by atoms with Crippen molar-refractivity contribution in [3.63, 3.8) is 0 Å². The highest BCUT2D eigenvalue weighted by molar-refractivity contribution is 5.98. The Labute approximate surface area is 245 Å². The van der Waals surface area contributed by atoms with Crippen LogP contribution < -0.4 is 15.0 Å². The molecule has 42 heavy (non-hydrogen) atoms. The molecule has 0 saturated heterocycles. The number of nitrogens with zero attached hydrogens (tertiary/aromatic N) is 5. The molecule has 2 amide bonds. The van der Waals surface area contributed by atoms with Gasteiger partial charge in [0.1, 0.15) is 23.9 Å². The van der Waals surface area contributed by atoms with Crippen molar-refractivity contribution < 1.29 is 14.3 Å². The van der Waals surface area contributed by atoms with Crippen LogP contribution in [0.25, 0.3) is 11.0 Å². The van der Waals surface area contributed by atoms with E-state index in [1.54, 1.807) is 16.7 Å². The van der Waals surface area contributed by atoms with Crippen molar-refractivity contribution in [3.8, 4) is 5.75 Å². The molecule has 0 radical (unpaired) electrons. The van der Waals surface area contributed by atoms with Gasteiger partial charge in [-0.05, 0) is 66.6 Å². The topological polar surface area (TPSA) is 92.6 Å². The number of hydrogen-bond donors (Lipinski definition) is 1. The number of hydrogen-bond acceptors (Lipinski definition) is 6. The van der Waals surface area contributed by atoms with E-state index in [1.165, 1.54) is 0 Å². The number of amides is 2. The van der Waals surface area contributed by atoms with Crippen molar-refractivity contribution in [3.05, 3.63) is 114 Å². The number of benzene rings is 4. The Balaban J connectivity index is 1.53. The molecule has 1 aromatic heterocycles. The predicted octanol–water partition coefficient (Wildman–Crippen LogP) is 5.22. The highest BCUT2D eigenvalue weighted by Gasteiger charge is 2.32. The second kappa shape index (κ2) is 12.6. The first-order chi connectivity index (χ1) is 20.3. The van der Waals surface area contributed by atoms with Gasteiger partial charge in [0.2, 0.25) is 5.91 Å². The summed E-state index contributed by atoms with van der Waals surface area (Å²) in [6, 6.07) is 29.3. The maximum atomic E-state index is 14.2. The number of anilines is 2. The Morgan fingerprint density at radius 3 is 2.26 bits per heavy atom. The lowest BCUT2D eigenvalue weighted by Gasteiger charge is -2.32. The van der Waals surface area contributed by atoms with Crippen LogP contribution >= 0.6 is 0 Å². The van der Waals surface area contributed by atoms with E-state index in [9.17, 15) is 9.59 Å². The first kappa shape index (κ1) is 28.4. The van der Waals surface area contributed by atoms with Gasteiger partial charge >= 0.3 is 0 Å². The molecular weight excluding hydrogens is 528 g/mol. The third-order valence-electron chi connectivity index (χ3n) is 7.14. The zero-order valence-electron chi connectivity index (χ0n) is 24.2. The fraction of sp³-hybridized carbons (Fsp3) is 0.212. The van der Waals surface area contributed by atoms with Crippen molar-refractivity contribution in [1.29, 1.82) is 0 Å². The second-order valence-corrected chi connectivity index (χ2v) is 10.3. The minimum atomic E-state index is -0.913. The lowest BCUT2D eigenvalue weighted by Crippen LogP contribution is -2.42. The summed E-state index contributed by atoms with van der Waals surface area (Å²) in [6.07, 6.45) is 0. The van der Waals surface area contributed by atoms with Gasteiger partial charge < -0.3 is 19.9 Å². The molecule has 4 aromatic carbocycles. The average molecular weight is 563 g/mol. The van der Waals surface area contributed by atoms with E-state index in [4.69, 9.17) is 4.74 Å². The highest BCUT2D eigenvalue weighted by atomic mass is 16.5. The average Bonchev–Trinajstić information content (AvgIpc) is 3.41. The fourth-order valence-corrected chi connectivity index (χ4v) is 4.78. The number of nitrogens with one attached hydrogen (secondary N) is 1. The molecule has 1 heterocycles. The van der Waals surface area contributed by atoms with Gasteiger partial charge in [-0.1, -0.05) is 59.3 Å². The number of aryl methyl sites for hydroxylation is 1. The standard InChI is InChI=1S/C33H34N6O3/c1-23-9-13-25(14-10-23)32(33(41)34-26-15-17-27(18-16-26)37(2)3)38(21-24-11-19-28(42-4)20-12-24)31(40)22-39-30-8-6-5-7-29(30)35-36-39/h5-20,32H,21-22H2,1-4H3,(H,34,41). The molecule has 214 valence electrons. The Morgan fingerprint density at radius 1 is 0.905 bits per heavy atom. The first-order valence-corrected chi connectivity index (χ1v) is 13.7. The molecule has 0 aliphatic carbocycles. The predicted molar refractivity (Wildman–Crippen MR) is 164 cm³/mol. The molecule has 0 bridgehead atoms. The number of fused-ring (bicyclic) bond motifs is 1. The minimum Gasteiger partial charge on any atom is -0.497 e. The Bertz CT molecular complexity index is 1660. The molecule has 0 spiro atoms. The van der Waals surface area contributed by atoms with Crippen LogP contribution in [-0.2, 0) is 22.7 Å². The Kier molecular flexibility index (Phi) is 8.47. The summed E-state index contributed by atoms with van der Waals surface area (Å²) in [5, 5.41) is 11.5. The van der Waals surface area contributed by atoms with Crippen LogP contribution in [-0.4, -0.2) is 52.9 Å². The number of methoxy groups -OCH3 is 1. The third-order valence-corrected chi connectivity index (χ3v) is 7.14. The van der Waals surface area contributed by atoms with Gasteiger partial charge in [0.15, 0.2) is 0 Å². The van der Waals surface area contributed by atoms with Crippen LogP contribution in [0.3, 0.4) is 0 Å². The molecule has 0 saturated carbocycles. The third kappa shape index (κ3) is 6.41. The lowest BCUT2D eigenvalue weighted by molar-refractivity contribution is -0.140. The van der Waals surface area contributed by atoms with Crippen LogP contribution in [0.4, 0.5) is 11.4 Å².